The molecule has 1 aromatic rings. The molecule has 1 aliphatic carbocycles. The van der Waals surface area contributed by atoms with Crippen LogP contribution in [0.3, 0.4) is 0 Å². The van der Waals surface area contributed by atoms with E-state index in [1.54, 1.807) is 0 Å². The Morgan fingerprint density at radius 2 is 2.00 bits per heavy atom. The SMILES string of the molecule is CC(C)c1cnc(NC2CC(C(=O)O)C2)nc1. The summed E-state index contributed by atoms with van der Waals surface area (Å²) < 4.78 is 0. The van der Waals surface area contributed by atoms with Crippen molar-refractivity contribution in [2.45, 2.75) is 38.6 Å². The van der Waals surface area contributed by atoms with Crippen molar-refractivity contribution in [3.63, 3.8) is 0 Å². The number of carbonyl (C=O) groups is 1. The Balaban J connectivity index is 1.86. The Hall–Kier alpha value is -1.65. The number of aromatic nitrogens is 2. The van der Waals surface area contributed by atoms with Crippen LogP contribution in [-0.4, -0.2) is 27.1 Å². The molecule has 92 valence electrons. The van der Waals surface area contributed by atoms with Crippen LogP contribution in [0.15, 0.2) is 12.4 Å². The first-order valence-electron chi connectivity index (χ1n) is 5.87. The first-order chi connectivity index (χ1) is 8.06. The Morgan fingerprint density at radius 3 is 2.47 bits per heavy atom. The average Bonchev–Trinajstić information content (AvgIpc) is 2.23. The molecule has 2 N–H and O–H groups in total. The van der Waals surface area contributed by atoms with Gasteiger partial charge in [0.25, 0.3) is 0 Å². The van der Waals surface area contributed by atoms with Crippen molar-refractivity contribution in [1.82, 2.24) is 9.97 Å². The molecule has 0 atom stereocenters. The van der Waals surface area contributed by atoms with Crippen LogP contribution in [0.5, 0.6) is 0 Å². The summed E-state index contributed by atoms with van der Waals surface area (Å²) in [5, 5.41) is 11.9. The zero-order valence-electron chi connectivity index (χ0n) is 10.1. The molecule has 1 heterocycles. The monoisotopic (exact) mass is 235 g/mol. The quantitative estimate of drug-likeness (QED) is 0.833. The summed E-state index contributed by atoms with van der Waals surface area (Å²) >= 11 is 0. The minimum Gasteiger partial charge on any atom is -0.481 e. The number of hydrogen-bond donors (Lipinski definition) is 2. The van der Waals surface area contributed by atoms with Gasteiger partial charge in [0.2, 0.25) is 5.95 Å². The van der Waals surface area contributed by atoms with E-state index in [1.165, 1.54) is 0 Å². The number of nitrogens with one attached hydrogen (secondary N) is 1. The summed E-state index contributed by atoms with van der Waals surface area (Å²) in [4.78, 5) is 19.1. The van der Waals surface area contributed by atoms with E-state index in [2.05, 4.69) is 29.1 Å². The molecule has 1 aromatic heterocycles. The maximum Gasteiger partial charge on any atom is 0.306 e. The molecule has 1 fully saturated rings. The van der Waals surface area contributed by atoms with Crippen LogP contribution in [0.1, 0.15) is 38.2 Å². The molecule has 0 bridgehead atoms. The topological polar surface area (TPSA) is 75.1 Å². The van der Waals surface area contributed by atoms with Crippen LogP contribution in [0.25, 0.3) is 0 Å². The molecule has 5 heteroatoms. The standard InChI is InChI=1S/C12H17N3O2/c1-7(2)9-5-13-12(14-6-9)15-10-3-8(4-10)11(16)17/h5-8,10H,3-4H2,1-2H3,(H,16,17)(H,13,14,15). The lowest BCUT2D eigenvalue weighted by Gasteiger charge is -2.32. The minimum atomic E-state index is -0.709. The van der Waals surface area contributed by atoms with Gasteiger partial charge < -0.3 is 10.4 Å². The zero-order chi connectivity index (χ0) is 12.4. The number of carboxylic acid groups (broad SMARTS) is 1. The maximum atomic E-state index is 10.6. The number of aliphatic carboxylic acids is 1. The van der Waals surface area contributed by atoms with Gasteiger partial charge in [-0.2, -0.15) is 0 Å². The number of hydrogen-bond acceptors (Lipinski definition) is 4. The lowest BCUT2D eigenvalue weighted by molar-refractivity contribution is -0.144. The third kappa shape index (κ3) is 2.72. The predicted octanol–water partition coefficient (Wildman–Crippen LogP) is 1.88. The van der Waals surface area contributed by atoms with Gasteiger partial charge >= 0.3 is 5.97 Å². The van der Waals surface area contributed by atoms with Crippen LogP contribution in [0, 0.1) is 5.92 Å². The summed E-state index contributed by atoms with van der Waals surface area (Å²) in [6, 6.07) is 0.195. The summed E-state index contributed by atoms with van der Waals surface area (Å²) in [6.07, 6.45) is 4.94. The van der Waals surface area contributed by atoms with Gasteiger partial charge in [0.15, 0.2) is 0 Å². The fourth-order valence-corrected chi connectivity index (χ4v) is 1.83. The molecular weight excluding hydrogens is 218 g/mol. The van der Waals surface area contributed by atoms with Crippen molar-refractivity contribution < 1.29 is 9.90 Å². The molecule has 1 aliphatic rings. The molecule has 0 aliphatic heterocycles. The molecule has 0 radical (unpaired) electrons. The predicted molar refractivity (Wildman–Crippen MR) is 63.9 cm³/mol. The first kappa shape index (κ1) is 11.8. The van der Waals surface area contributed by atoms with Crippen LogP contribution < -0.4 is 5.32 Å². The molecule has 0 unspecified atom stereocenters. The van der Waals surface area contributed by atoms with E-state index in [0.717, 1.165) is 5.56 Å². The molecule has 5 nitrogen and oxygen atoms in total. The molecule has 0 aromatic carbocycles. The minimum absolute atomic E-state index is 0.195. The second-order valence-corrected chi connectivity index (χ2v) is 4.84. The number of rotatable bonds is 4. The van der Waals surface area contributed by atoms with E-state index in [0.29, 0.717) is 24.7 Å². The second-order valence-electron chi connectivity index (χ2n) is 4.84. The van der Waals surface area contributed by atoms with E-state index in [1.807, 2.05) is 12.4 Å². The fraction of sp³-hybridized carbons (Fsp3) is 0.583. The number of anilines is 1. The highest BCUT2D eigenvalue weighted by atomic mass is 16.4. The molecule has 2 rings (SSSR count). The van der Waals surface area contributed by atoms with Crippen molar-refractivity contribution in [1.29, 1.82) is 0 Å². The Morgan fingerprint density at radius 1 is 1.41 bits per heavy atom. The van der Waals surface area contributed by atoms with Gasteiger partial charge in [-0.25, -0.2) is 9.97 Å². The molecular formula is C12H17N3O2. The molecule has 1 saturated carbocycles. The Kier molecular flexibility index (Phi) is 3.26. The van der Waals surface area contributed by atoms with Crippen molar-refractivity contribution in [2.24, 2.45) is 5.92 Å². The number of nitrogens with zero attached hydrogens (tertiary/aromatic N) is 2. The van der Waals surface area contributed by atoms with Crippen molar-refractivity contribution in [2.75, 3.05) is 5.32 Å². The number of carboxylic acids is 1. The van der Waals surface area contributed by atoms with Gasteiger partial charge in [-0.15, -0.1) is 0 Å². The third-order valence-corrected chi connectivity index (χ3v) is 3.16. The fourth-order valence-electron chi connectivity index (χ4n) is 1.83. The molecule has 17 heavy (non-hydrogen) atoms. The van der Waals surface area contributed by atoms with E-state index >= 15 is 0 Å². The van der Waals surface area contributed by atoms with Gasteiger partial charge in [0.05, 0.1) is 5.92 Å². The van der Waals surface area contributed by atoms with Gasteiger partial charge in [-0.1, -0.05) is 13.8 Å². The van der Waals surface area contributed by atoms with E-state index in [-0.39, 0.29) is 12.0 Å². The lowest BCUT2D eigenvalue weighted by Crippen LogP contribution is -2.39. The second kappa shape index (κ2) is 4.69. The van der Waals surface area contributed by atoms with Gasteiger partial charge in [-0.3, -0.25) is 4.79 Å². The van der Waals surface area contributed by atoms with Crippen LogP contribution >= 0.6 is 0 Å². The van der Waals surface area contributed by atoms with E-state index in [4.69, 9.17) is 5.11 Å². The van der Waals surface area contributed by atoms with E-state index < -0.39 is 5.97 Å². The highest BCUT2D eigenvalue weighted by molar-refractivity contribution is 5.71. The van der Waals surface area contributed by atoms with Crippen molar-refractivity contribution in [3.05, 3.63) is 18.0 Å². The lowest BCUT2D eigenvalue weighted by atomic mass is 9.80. The molecule has 0 saturated heterocycles. The average molecular weight is 235 g/mol. The van der Waals surface area contributed by atoms with Gasteiger partial charge in [0, 0.05) is 18.4 Å². The molecule has 0 amide bonds. The van der Waals surface area contributed by atoms with Crippen LogP contribution in [-0.2, 0) is 4.79 Å². The molecule has 0 spiro atoms. The van der Waals surface area contributed by atoms with E-state index in [9.17, 15) is 4.79 Å². The van der Waals surface area contributed by atoms with Crippen LogP contribution in [0.4, 0.5) is 5.95 Å². The first-order valence-corrected chi connectivity index (χ1v) is 5.87. The largest absolute Gasteiger partial charge is 0.481 e. The summed E-state index contributed by atoms with van der Waals surface area (Å²) in [5.41, 5.74) is 1.10. The summed E-state index contributed by atoms with van der Waals surface area (Å²) in [5.74, 6) is 0.0916. The summed E-state index contributed by atoms with van der Waals surface area (Å²) in [7, 11) is 0. The highest BCUT2D eigenvalue weighted by Gasteiger charge is 2.34. The Labute approximate surface area is 100 Å². The van der Waals surface area contributed by atoms with Crippen LogP contribution in [0.2, 0.25) is 0 Å². The summed E-state index contributed by atoms with van der Waals surface area (Å²) in [6.45, 7) is 4.18. The third-order valence-electron chi connectivity index (χ3n) is 3.16. The van der Waals surface area contributed by atoms with Crippen molar-refractivity contribution in [3.8, 4) is 0 Å². The zero-order valence-corrected chi connectivity index (χ0v) is 10.1. The maximum absolute atomic E-state index is 10.6. The normalized spacial score (nSPS) is 23.2. The van der Waals surface area contributed by atoms with Gasteiger partial charge in [0.1, 0.15) is 0 Å². The van der Waals surface area contributed by atoms with Gasteiger partial charge in [-0.05, 0) is 24.3 Å². The van der Waals surface area contributed by atoms with Crippen molar-refractivity contribution >= 4 is 11.9 Å². The highest BCUT2D eigenvalue weighted by Crippen LogP contribution is 2.29. The smallest absolute Gasteiger partial charge is 0.306 e. The Bertz CT molecular complexity index is 397.